The first-order valence-corrected chi connectivity index (χ1v) is 9.67. The second-order valence-corrected chi connectivity index (χ2v) is 7.59. The lowest BCUT2D eigenvalue weighted by Gasteiger charge is -2.24. The molecule has 1 fully saturated rings. The Morgan fingerprint density at radius 1 is 1.12 bits per heavy atom. The molecule has 26 heavy (non-hydrogen) atoms. The highest BCUT2D eigenvalue weighted by Crippen LogP contribution is 2.39. The van der Waals surface area contributed by atoms with Gasteiger partial charge in [0.2, 0.25) is 12.7 Å². The second-order valence-electron chi connectivity index (χ2n) is 6.73. The van der Waals surface area contributed by atoms with E-state index in [1.54, 1.807) is 0 Å². The van der Waals surface area contributed by atoms with Crippen molar-refractivity contribution in [2.75, 3.05) is 12.1 Å². The SMILES string of the molecule is O=C(Nc1cccc(CNCc2cc(Br)c3c(c2)OCO3)c1)C1CCC1. The summed E-state index contributed by atoms with van der Waals surface area (Å²) < 4.78 is 11.8. The van der Waals surface area contributed by atoms with E-state index in [0.717, 1.165) is 58.6 Å². The molecule has 1 aliphatic carbocycles. The van der Waals surface area contributed by atoms with Crippen molar-refractivity contribution in [2.45, 2.75) is 32.4 Å². The number of anilines is 1. The summed E-state index contributed by atoms with van der Waals surface area (Å²) in [5.74, 6) is 1.88. The third kappa shape index (κ3) is 3.86. The van der Waals surface area contributed by atoms with Gasteiger partial charge in [0.25, 0.3) is 0 Å². The number of halogens is 1. The number of hydrogen-bond donors (Lipinski definition) is 2. The van der Waals surface area contributed by atoms with Crippen molar-refractivity contribution in [3.63, 3.8) is 0 Å². The average molecular weight is 417 g/mol. The predicted molar refractivity (Wildman–Crippen MR) is 103 cm³/mol. The number of amides is 1. The van der Waals surface area contributed by atoms with Gasteiger partial charge in [0.15, 0.2) is 11.5 Å². The van der Waals surface area contributed by atoms with Crippen molar-refractivity contribution >= 4 is 27.5 Å². The van der Waals surface area contributed by atoms with Gasteiger partial charge < -0.3 is 20.1 Å². The van der Waals surface area contributed by atoms with Gasteiger partial charge in [-0.05, 0) is 64.2 Å². The molecule has 0 atom stereocenters. The first-order valence-electron chi connectivity index (χ1n) is 8.87. The van der Waals surface area contributed by atoms with E-state index in [1.165, 1.54) is 0 Å². The maximum atomic E-state index is 12.1. The quantitative estimate of drug-likeness (QED) is 0.740. The smallest absolute Gasteiger partial charge is 0.231 e. The highest BCUT2D eigenvalue weighted by molar-refractivity contribution is 9.10. The Labute approximate surface area is 161 Å². The van der Waals surface area contributed by atoms with Crippen LogP contribution in [0.3, 0.4) is 0 Å². The summed E-state index contributed by atoms with van der Waals surface area (Å²) in [7, 11) is 0. The predicted octanol–water partition coefficient (Wildman–Crippen LogP) is 4.21. The number of fused-ring (bicyclic) bond motifs is 1. The van der Waals surface area contributed by atoms with E-state index in [0.29, 0.717) is 6.54 Å². The average Bonchev–Trinajstić information content (AvgIpc) is 3.02. The molecule has 2 aromatic carbocycles. The molecule has 5 nitrogen and oxygen atoms in total. The molecule has 6 heteroatoms. The maximum absolute atomic E-state index is 12.1. The van der Waals surface area contributed by atoms with E-state index in [2.05, 4.69) is 32.6 Å². The Morgan fingerprint density at radius 2 is 1.96 bits per heavy atom. The van der Waals surface area contributed by atoms with Gasteiger partial charge in [0.05, 0.1) is 4.47 Å². The number of rotatable bonds is 6. The minimum absolute atomic E-state index is 0.145. The van der Waals surface area contributed by atoms with E-state index in [9.17, 15) is 4.79 Å². The van der Waals surface area contributed by atoms with Crippen LogP contribution in [0.4, 0.5) is 5.69 Å². The Kier molecular flexibility index (Phi) is 5.13. The van der Waals surface area contributed by atoms with E-state index < -0.39 is 0 Å². The number of hydrogen-bond acceptors (Lipinski definition) is 4. The fraction of sp³-hybridized carbons (Fsp3) is 0.350. The third-order valence-corrected chi connectivity index (χ3v) is 5.40. The summed E-state index contributed by atoms with van der Waals surface area (Å²) in [4.78, 5) is 12.1. The number of benzene rings is 2. The molecule has 1 saturated carbocycles. The van der Waals surface area contributed by atoms with Gasteiger partial charge >= 0.3 is 0 Å². The Balaban J connectivity index is 1.33. The monoisotopic (exact) mass is 416 g/mol. The van der Waals surface area contributed by atoms with Gasteiger partial charge in [0, 0.05) is 24.7 Å². The Hall–Kier alpha value is -2.05. The molecule has 136 valence electrons. The molecule has 1 amide bonds. The van der Waals surface area contributed by atoms with Crippen molar-refractivity contribution in [3.05, 3.63) is 52.0 Å². The molecule has 0 saturated heterocycles. The summed E-state index contributed by atoms with van der Waals surface area (Å²) in [5.41, 5.74) is 3.12. The molecule has 4 rings (SSSR count). The molecular weight excluding hydrogens is 396 g/mol. The largest absolute Gasteiger partial charge is 0.454 e. The van der Waals surface area contributed by atoms with Crippen LogP contribution in [0.2, 0.25) is 0 Å². The third-order valence-electron chi connectivity index (χ3n) is 4.82. The van der Waals surface area contributed by atoms with Crippen LogP contribution in [0, 0.1) is 5.92 Å². The topological polar surface area (TPSA) is 59.6 Å². The second kappa shape index (κ2) is 7.68. The van der Waals surface area contributed by atoms with Gasteiger partial charge in [-0.1, -0.05) is 18.6 Å². The van der Waals surface area contributed by atoms with Crippen molar-refractivity contribution in [2.24, 2.45) is 5.92 Å². The van der Waals surface area contributed by atoms with Gasteiger partial charge in [-0.15, -0.1) is 0 Å². The van der Waals surface area contributed by atoms with Crippen LogP contribution in [0.15, 0.2) is 40.9 Å². The molecule has 0 radical (unpaired) electrons. The van der Waals surface area contributed by atoms with Gasteiger partial charge in [0.1, 0.15) is 0 Å². The molecule has 2 aliphatic rings. The molecule has 1 heterocycles. The van der Waals surface area contributed by atoms with Gasteiger partial charge in [-0.3, -0.25) is 4.79 Å². The van der Waals surface area contributed by atoms with E-state index in [4.69, 9.17) is 9.47 Å². The van der Waals surface area contributed by atoms with Crippen LogP contribution in [0.5, 0.6) is 11.5 Å². The zero-order valence-electron chi connectivity index (χ0n) is 14.4. The van der Waals surface area contributed by atoms with Crippen LogP contribution >= 0.6 is 15.9 Å². The molecule has 2 N–H and O–H groups in total. The number of ether oxygens (including phenoxy) is 2. The summed E-state index contributed by atoms with van der Waals surface area (Å²) in [6, 6.07) is 12.0. The summed E-state index contributed by atoms with van der Waals surface area (Å²) >= 11 is 3.52. The fourth-order valence-corrected chi connectivity index (χ4v) is 3.75. The number of nitrogens with one attached hydrogen (secondary N) is 2. The highest BCUT2D eigenvalue weighted by Gasteiger charge is 2.25. The minimum Gasteiger partial charge on any atom is -0.454 e. The Morgan fingerprint density at radius 3 is 2.77 bits per heavy atom. The molecule has 0 unspecified atom stereocenters. The first-order chi connectivity index (χ1) is 12.7. The molecule has 2 aromatic rings. The zero-order chi connectivity index (χ0) is 17.9. The van der Waals surface area contributed by atoms with Crippen molar-refractivity contribution in [3.8, 4) is 11.5 Å². The maximum Gasteiger partial charge on any atom is 0.231 e. The van der Waals surface area contributed by atoms with Crippen molar-refractivity contribution < 1.29 is 14.3 Å². The van der Waals surface area contributed by atoms with Crippen LogP contribution in [-0.4, -0.2) is 12.7 Å². The lowest BCUT2D eigenvalue weighted by Crippen LogP contribution is -2.28. The molecular formula is C20H21BrN2O3. The standard InChI is InChI=1S/C20H21BrN2O3/c21-17-8-14(9-18-19(17)26-12-25-18)11-22-10-13-3-1-6-16(7-13)23-20(24)15-4-2-5-15/h1,3,6-9,15,22H,2,4-5,10-12H2,(H,23,24). The summed E-state index contributed by atoms with van der Waals surface area (Å²) in [6.07, 6.45) is 3.19. The molecule has 0 spiro atoms. The van der Waals surface area contributed by atoms with Crippen LogP contribution in [0.1, 0.15) is 30.4 Å². The minimum atomic E-state index is 0.145. The van der Waals surface area contributed by atoms with Crippen LogP contribution < -0.4 is 20.1 Å². The lowest BCUT2D eigenvalue weighted by atomic mass is 9.85. The lowest BCUT2D eigenvalue weighted by molar-refractivity contribution is -0.122. The van der Waals surface area contributed by atoms with E-state index >= 15 is 0 Å². The van der Waals surface area contributed by atoms with Gasteiger partial charge in [-0.25, -0.2) is 0 Å². The number of carbonyl (C=O) groups is 1. The Bertz CT molecular complexity index is 821. The van der Waals surface area contributed by atoms with E-state index in [-0.39, 0.29) is 18.6 Å². The summed E-state index contributed by atoms with van der Waals surface area (Å²) in [5, 5.41) is 6.46. The van der Waals surface area contributed by atoms with Crippen LogP contribution in [0.25, 0.3) is 0 Å². The van der Waals surface area contributed by atoms with Gasteiger partial charge in [-0.2, -0.15) is 0 Å². The van der Waals surface area contributed by atoms with E-state index in [1.807, 2.05) is 30.3 Å². The molecule has 0 bridgehead atoms. The zero-order valence-corrected chi connectivity index (χ0v) is 16.0. The number of carbonyl (C=O) groups excluding carboxylic acids is 1. The molecule has 1 aliphatic heterocycles. The first kappa shape index (κ1) is 17.4. The normalized spacial score (nSPS) is 15.6. The highest BCUT2D eigenvalue weighted by atomic mass is 79.9. The molecule has 0 aromatic heterocycles. The fourth-order valence-electron chi connectivity index (χ4n) is 3.15. The van der Waals surface area contributed by atoms with Crippen LogP contribution in [-0.2, 0) is 17.9 Å². The van der Waals surface area contributed by atoms with Crippen molar-refractivity contribution in [1.82, 2.24) is 5.32 Å². The summed E-state index contributed by atoms with van der Waals surface area (Å²) in [6.45, 7) is 1.71. The van der Waals surface area contributed by atoms with Crippen molar-refractivity contribution in [1.29, 1.82) is 0 Å².